The largest absolute Gasteiger partial charge is 0.484 e. The first-order chi connectivity index (χ1) is 10.0. The van der Waals surface area contributed by atoms with E-state index in [-0.39, 0.29) is 12.1 Å². The van der Waals surface area contributed by atoms with Gasteiger partial charge in [-0.2, -0.15) is 4.37 Å². The summed E-state index contributed by atoms with van der Waals surface area (Å²) < 4.78 is 9.93. The predicted molar refractivity (Wildman–Crippen MR) is 90.1 cm³/mol. The van der Waals surface area contributed by atoms with Gasteiger partial charge < -0.3 is 15.8 Å². The minimum atomic E-state index is 0.0726. The van der Waals surface area contributed by atoms with Crippen molar-refractivity contribution in [1.82, 2.24) is 4.37 Å². The SMILES string of the molecule is CCc1ccc(C(C)Nc2snc(N)c2OC(C)C)cc1. The summed E-state index contributed by atoms with van der Waals surface area (Å²) in [4.78, 5) is 0. The third-order valence-electron chi connectivity index (χ3n) is 3.26. The number of nitrogens with zero attached hydrogens (tertiary/aromatic N) is 1. The molecule has 4 nitrogen and oxygen atoms in total. The lowest BCUT2D eigenvalue weighted by molar-refractivity contribution is 0.245. The van der Waals surface area contributed by atoms with Gasteiger partial charge in [-0.15, -0.1) is 0 Å². The molecule has 1 heterocycles. The number of nitrogens with one attached hydrogen (secondary N) is 1. The molecule has 0 aliphatic rings. The lowest BCUT2D eigenvalue weighted by Gasteiger charge is -2.17. The maximum absolute atomic E-state index is 5.88. The normalized spacial score (nSPS) is 12.4. The molecule has 0 amide bonds. The third-order valence-corrected chi connectivity index (χ3v) is 4.04. The number of aryl methyl sites for hydroxylation is 1. The topological polar surface area (TPSA) is 60.2 Å². The standard InChI is InChI=1S/C16H23N3OS/c1-5-12-6-8-13(9-7-12)11(4)18-16-14(20-10(2)3)15(17)19-21-16/h6-11,18H,5H2,1-4H3,(H2,17,19). The minimum absolute atomic E-state index is 0.0726. The van der Waals surface area contributed by atoms with Crippen molar-refractivity contribution in [3.63, 3.8) is 0 Å². The number of hydrogen-bond acceptors (Lipinski definition) is 5. The van der Waals surface area contributed by atoms with Gasteiger partial charge in [0, 0.05) is 6.04 Å². The van der Waals surface area contributed by atoms with E-state index in [9.17, 15) is 0 Å². The van der Waals surface area contributed by atoms with E-state index < -0.39 is 0 Å². The average molecular weight is 305 g/mol. The van der Waals surface area contributed by atoms with Crippen LogP contribution in [0.2, 0.25) is 0 Å². The smallest absolute Gasteiger partial charge is 0.197 e. The van der Waals surface area contributed by atoms with E-state index in [0.717, 1.165) is 11.4 Å². The minimum Gasteiger partial charge on any atom is -0.484 e. The molecule has 3 N–H and O–H groups in total. The van der Waals surface area contributed by atoms with Crippen LogP contribution >= 0.6 is 11.5 Å². The second kappa shape index (κ2) is 6.80. The molecule has 1 unspecified atom stereocenters. The van der Waals surface area contributed by atoms with Gasteiger partial charge in [0.25, 0.3) is 0 Å². The molecule has 0 aliphatic heterocycles. The second-order valence-electron chi connectivity index (χ2n) is 5.35. The van der Waals surface area contributed by atoms with Gasteiger partial charge in [0.05, 0.1) is 6.10 Å². The molecule has 2 aromatic rings. The molecule has 21 heavy (non-hydrogen) atoms. The van der Waals surface area contributed by atoms with Crippen molar-refractivity contribution >= 4 is 22.4 Å². The molecule has 0 fully saturated rings. The van der Waals surface area contributed by atoms with Crippen LogP contribution in [0.3, 0.4) is 0 Å². The highest BCUT2D eigenvalue weighted by atomic mass is 32.1. The zero-order chi connectivity index (χ0) is 15.4. The monoisotopic (exact) mass is 305 g/mol. The van der Waals surface area contributed by atoms with E-state index in [4.69, 9.17) is 10.5 Å². The highest BCUT2D eigenvalue weighted by molar-refractivity contribution is 7.11. The van der Waals surface area contributed by atoms with Crippen molar-refractivity contribution < 1.29 is 4.74 Å². The van der Waals surface area contributed by atoms with Crippen molar-refractivity contribution in [3.05, 3.63) is 35.4 Å². The summed E-state index contributed by atoms with van der Waals surface area (Å²) in [6.45, 7) is 8.24. The Labute approximate surface area is 130 Å². The molecule has 0 bridgehead atoms. The first kappa shape index (κ1) is 15.6. The van der Waals surface area contributed by atoms with Crippen molar-refractivity contribution in [2.75, 3.05) is 11.1 Å². The highest BCUT2D eigenvalue weighted by Gasteiger charge is 2.16. The van der Waals surface area contributed by atoms with Crippen molar-refractivity contribution in [3.8, 4) is 5.75 Å². The number of benzene rings is 1. The summed E-state index contributed by atoms with van der Waals surface area (Å²) in [5, 5.41) is 4.32. The maximum Gasteiger partial charge on any atom is 0.197 e. The highest BCUT2D eigenvalue weighted by Crippen LogP contribution is 2.38. The molecule has 1 aromatic heterocycles. The zero-order valence-corrected chi connectivity index (χ0v) is 13.8. The number of hydrogen-bond donors (Lipinski definition) is 2. The van der Waals surface area contributed by atoms with Crippen molar-refractivity contribution in [2.45, 2.75) is 46.3 Å². The molecule has 5 heteroatoms. The number of nitrogen functional groups attached to an aromatic ring is 1. The van der Waals surface area contributed by atoms with Crippen LogP contribution in [0.4, 0.5) is 10.8 Å². The van der Waals surface area contributed by atoms with Gasteiger partial charge in [0.15, 0.2) is 16.6 Å². The van der Waals surface area contributed by atoms with Gasteiger partial charge in [-0.25, -0.2) is 0 Å². The summed E-state index contributed by atoms with van der Waals surface area (Å²) in [7, 11) is 0. The van der Waals surface area contributed by atoms with Crippen molar-refractivity contribution in [2.24, 2.45) is 0 Å². The Morgan fingerprint density at radius 1 is 1.24 bits per heavy atom. The molecule has 0 saturated heterocycles. The van der Waals surface area contributed by atoms with Gasteiger partial charge in [-0.1, -0.05) is 31.2 Å². The Hall–Kier alpha value is -1.75. The first-order valence-electron chi connectivity index (χ1n) is 7.28. The quantitative estimate of drug-likeness (QED) is 0.837. The molecular weight excluding hydrogens is 282 g/mol. The fourth-order valence-corrected chi connectivity index (χ4v) is 2.80. The van der Waals surface area contributed by atoms with E-state index in [1.807, 2.05) is 13.8 Å². The molecule has 0 saturated carbocycles. The molecule has 0 radical (unpaired) electrons. The van der Waals surface area contributed by atoms with Crippen LogP contribution in [-0.2, 0) is 6.42 Å². The van der Waals surface area contributed by atoms with Gasteiger partial charge in [-0.05, 0) is 49.9 Å². The van der Waals surface area contributed by atoms with E-state index >= 15 is 0 Å². The van der Waals surface area contributed by atoms with Gasteiger partial charge in [-0.3, -0.25) is 0 Å². The van der Waals surface area contributed by atoms with Crippen LogP contribution in [0.1, 0.15) is 44.9 Å². The average Bonchev–Trinajstić information content (AvgIpc) is 2.79. The molecule has 1 aromatic carbocycles. The lowest BCUT2D eigenvalue weighted by Crippen LogP contribution is -2.10. The Morgan fingerprint density at radius 2 is 1.90 bits per heavy atom. The second-order valence-corrected chi connectivity index (χ2v) is 6.13. The van der Waals surface area contributed by atoms with E-state index in [1.54, 1.807) is 0 Å². The Bertz CT molecular complexity index is 578. The molecule has 0 spiro atoms. The summed E-state index contributed by atoms with van der Waals surface area (Å²) in [6.07, 6.45) is 1.13. The van der Waals surface area contributed by atoms with Crippen LogP contribution in [0.25, 0.3) is 0 Å². The molecule has 1 atom stereocenters. The summed E-state index contributed by atoms with van der Waals surface area (Å²) in [5.74, 6) is 1.11. The lowest BCUT2D eigenvalue weighted by atomic mass is 10.1. The number of aromatic nitrogens is 1. The molecule has 0 aliphatic carbocycles. The third kappa shape index (κ3) is 3.88. The fraction of sp³-hybridized carbons (Fsp3) is 0.438. The van der Waals surface area contributed by atoms with Crippen LogP contribution < -0.4 is 15.8 Å². The Kier molecular flexibility index (Phi) is 5.07. The Morgan fingerprint density at radius 3 is 2.48 bits per heavy atom. The zero-order valence-electron chi connectivity index (χ0n) is 13.0. The number of ether oxygens (including phenoxy) is 1. The van der Waals surface area contributed by atoms with Gasteiger partial charge in [0.2, 0.25) is 0 Å². The van der Waals surface area contributed by atoms with E-state index in [1.165, 1.54) is 22.7 Å². The van der Waals surface area contributed by atoms with Crippen LogP contribution in [-0.4, -0.2) is 10.5 Å². The molecule has 114 valence electrons. The molecule has 2 rings (SSSR count). The van der Waals surface area contributed by atoms with Gasteiger partial charge >= 0.3 is 0 Å². The molecular formula is C16H23N3OS. The van der Waals surface area contributed by atoms with Crippen LogP contribution in [0, 0.1) is 0 Å². The number of anilines is 2. The fourth-order valence-electron chi connectivity index (χ4n) is 2.06. The number of nitrogens with two attached hydrogens (primary N) is 1. The van der Waals surface area contributed by atoms with E-state index in [0.29, 0.717) is 11.6 Å². The Balaban J connectivity index is 2.13. The van der Waals surface area contributed by atoms with Crippen molar-refractivity contribution in [1.29, 1.82) is 0 Å². The summed E-state index contributed by atoms with van der Waals surface area (Å²) in [6, 6.07) is 8.82. The van der Waals surface area contributed by atoms with Crippen LogP contribution in [0.5, 0.6) is 5.75 Å². The maximum atomic E-state index is 5.88. The van der Waals surface area contributed by atoms with E-state index in [2.05, 4.69) is 47.8 Å². The van der Waals surface area contributed by atoms with Gasteiger partial charge in [0.1, 0.15) is 0 Å². The summed E-state index contributed by atoms with van der Waals surface area (Å²) in [5.41, 5.74) is 8.45. The summed E-state index contributed by atoms with van der Waals surface area (Å²) >= 11 is 1.34. The van der Waals surface area contributed by atoms with Crippen LogP contribution in [0.15, 0.2) is 24.3 Å². The number of rotatable bonds is 6. The predicted octanol–water partition coefficient (Wildman–Crippen LogP) is 4.25. The first-order valence-corrected chi connectivity index (χ1v) is 8.05.